The first-order chi connectivity index (χ1) is 9.95. The highest BCUT2D eigenvalue weighted by Crippen LogP contribution is 2.24. The summed E-state index contributed by atoms with van der Waals surface area (Å²) in [5, 5.41) is 13.4. The van der Waals surface area contributed by atoms with Crippen molar-refractivity contribution in [3.8, 4) is 0 Å². The number of hydrogen-bond donors (Lipinski definition) is 1. The molecule has 0 spiro atoms. The van der Waals surface area contributed by atoms with Crippen molar-refractivity contribution >= 4 is 34.0 Å². The largest absolute Gasteiger partial charge is 0.324 e. The van der Waals surface area contributed by atoms with Gasteiger partial charge in [-0.2, -0.15) is 0 Å². The molecule has 1 N–H and O–H groups in total. The molecule has 1 amide bonds. The smallest absolute Gasteiger partial charge is 0.323 e. The van der Waals surface area contributed by atoms with Crippen LogP contribution in [0, 0.1) is 24.0 Å². The van der Waals surface area contributed by atoms with Crippen LogP contribution in [-0.4, -0.2) is 10.8 Å². The molecule has 0 radical (unpaired) electrons. The predicted molar refractivity (Wildman–Crippen MR) is 84.6 cm³/mol. The lowest BCUT2D eigenvalue weighted by atomic mass is 10.1. The van der Waals surface area contributed by atoms with Crippen molar-refractivity contribution in [2.75, 3.05) is 5.32 Å². The Hall–Kier alpha value is -2.47. The van der Waals surface area contributed by atoms with Gasteiger partial charge in [0.05, 0.1) is 4.92 Å². The number of carbonyl (C=O) groups is 1. The molecule has 6 heteroatoms. The van der Waals surface area contributed by atoms with Gasteiger partial charge in [-0.25, -0.2) is 0 Å². The molecule has 0 aliphatic carbocycles. The molecule has 5 nitrogen and oxygen atoms in total. The summed E-state index contributed by atoms with van der Waals surface area (Å²) in [7, 11) is 0. The molecule has 0 fully saturated rings. The first-order valence-corrected chi connectivity index (χ1v) is 7.08. The van der Waals surface area contributed by atoms with Crippen molar-refractivity contribution in [2.45, 2.75) is 13.8 Å². The van der Waals surface area contributed by atoms with E-state index in [1.54, 1.807) is 12.1 Å². The molecule has 0 saturated carbocycles. The molecule has 0 saturated heterocycles. The van der Waals surface area contributed by atoms with E-state index in [2.05, 4.69) is 5.32 Å². The van der Waals surface area contributed by atoms with Crippen molar-refractivity contribution in [1.29, 1.82) is 0 Å². The van der Waals surface area contributed by atoms with Crippen LogP contribution in [0.1, 0.15) is 16.0 Å². The van der Waals surface area contributed by atoms with Gasteiger partial charge < -0.3 is 5.32 Å². The summed E-state index contributed by atoms with van der Waals surface area (Å²) in [6.07, 6.45) is 2.93. The summed E-state index contributed by atoms with van der Waals surface area (Å²) >= 11 is 1.03. The molecule has 0 aliphatic heterocycles. The molecular weight excluding hydrogens is 288 g/mol. The Morgan fingerprint density at radius 3 is 2.62 bits per heavy atom. The van der Waals surface area contributed by atoms with E-state index in [1.807, 2.05) is 32.0 Å². The number of carbonyl (C=O) groups excluding carboxylic acids is 1. The third-order valence-corrected chi connectivity index (χ3v) is 3.97. The molecule has 0 unspecified atom stereocenters. The highest BCUT2D eigenvalue weighted by atomic mass is 32.1. The fourth-order valence-corrected chi connectivity index (χ4v) is 2.42. The number of rotatable bonds is 4. The van der Waals surface area contributed by atoms with Crippen molar-refractivity contribution in [2.24, 2.45) is 0 Å². The van der Waals surface area contributed by atoms with Crippen molar-refractivity contribution in [1.82, 2.24) is 0 Å². The molecular formula is C15H14N2O3S. The lowest BCUT2D eigenvalue weighted by molar-refractivity contribution is -0.380. The van der Waals surface area contributed by atoms with Crippen molar-refractivity contribution in [3.05, 3.63) is 62.5 Å². The summed E-state index contributed by atoms with van der Waals surface area (Å²) in [6.45, 7) is 3.98. The van der Waals surface area contributed by atoms with Crippen LogP contribution in [0.3, 0.4) is 0 Å². The topological polar surface area (TPSA) is 72.2 Å². The van der Waals surface area contributed by atoms with E-state index in [-0.39, 0.29) is 10.9 Å². The Labute approximate surface area is 126 Å². The molecule has 0 bridgehead atoms. The summed E-state index contributed by atoms with van der Waals surface area (Å²) in [5.41, 5.74) is 2.99. The normalized spacial score (nSPS) is 10.8. The summed E-state index contributed by atoms with van der Waals surface area (Å²) in [4.78, 5) is 22.6. The fraction of sp³-hybridized carbons (Fsp3) is 0.133. The van der Waals surface area contributed by atoms with E-state index in [0.717, 1.165) is 28.2 Å². The number of aryl methyl sites for hydroxylation is 2. The van der Waals surface area contributed by atoms with Crippen molar-refractivity contribution < 1.29 is 9.72 Å². The second kappa shape index (κ2) is 6.32. The second-order valence-electron chi connectivity index (χ2n) is 4.55. The number of nitrogens with one attached hydrogen (secondary N) is 1. The fourth-order valence-electron chi connectivity index (χ4n) is 1.69. The minimum absolute atomic E-state index is 0.0595. The van der Waals surface area contributed by atoms with E-state index >= 15 is 0 Å². The van der Waals surface area contributed by atoms with Gasteiger partial charge in [0, 0.05) is 22.7 Å². The number of hydrogen-bond acceptors (Lipinski definition) is 4. The van der Waals surface area contributed by atoms with Crippen LogP contribution in [0.4, 0.5) is 10.7 Å². The van der Waals surface area contributed by atoms with Gasteiger partial charge in [-0.1, -0.05) is 17.4 Å². The first-order valence-electron chi connectivity index (χ1n) is 6.26. The van der Waals surface area contributed by atoms with E-state index in [0.29, 0.717) is 4.88 Å². The van der Waals surface area contributed by atoms with Gasteiger partial charge in [0.1, 0.15) is 0 Å². The molecule has 21 heavy (non-hydrogen) atoms. The van der Waals surface area contributed by atoms with Gasteiger partial charge in [0.15, 0.2) is 0 Å². The van der Waals surface area contributed by atoms with Gasteiger partial charge in [-0.15, -0.1) is 0 Å². The monoisotopic (exact) mass is 302 g/mol. The Balaban J connectivity index is 2.01. The zero-order valence-corrected chi connectivity index (χ0v) is 12.4. The van der Waals surface area contributed by atoms with Gasteiger partial charge in [-0.05, 0) is 49.2 Å². The molecule has 1 aromatic carbocycles. The predicted octanol–water partition coefficient (Wildman–Crippen LogP) is 3.93. The highest BCUT2D eigenvalue weighted by molar-refractivity contribution is 7.16. The van der Waals surface area contributed by atoms with Crippen LogP contribution in [0.25, 0.3) is 6.08 Å². The molecule has 2 rings (SSSR count). The van der Waals surface area contributed by atoms with Gasteiger partial charge in [0.25, 0.3) is 0 Å². The minimum Gasteiger partial charge on any atom is -0.323 e. The lowest BCUT2D eigenvalue weighted by Gasteiger charge is -2.05. The van der Waals surface area contributed by atoms with Crippen LogP contribution in [0.2, 0.25) is 0 Å². The number of thiophene rings is 1. The Kier molecular flexibility index (Phi) is 4.49. The average molecular weight is 302 g/mol. The van der Waals surface area contributed by atoms with Crippen LogP contribution in [0.5, 0.6) is 0 Å². The lowest BCUT2D eigenvalue weighted by Crippen LogP contribution is -2.07. The third-order valence-electron chi connectivity index (χ3n) is 2.97. The zero-order chi connectivity index (χ0) is 15.4. The van der Waals surface area contributed by atoms with E-state index in [1.165, 1.54) is 12.1 Å². The number of nitrogens with zero attached hydrogens (tertiary/aromatic N) is 1. The quantitative estimate of drug-likeness (QED) is 0.528. The van der Waals surface area contributed by atoms with Crippen LogP contribution in [0.15, 0.2) is 36.4 Å². The molecule has 0 atom stereocenters. The van der Waals surface area contributed by atoms with Crippen LogP contribution >= 0.6 is 11.3 Å². The summed E-state index contributed by atoms with van der Waals surface area (Å²) in [6, 6.07) is 8.71. The SMILES string of the molecule is Cc1ccc(NC(=O)/C=C/c2ccc([N+](=O)[O-])s2)cc1C. The van der Waals surface area contributed by atoms with E-state index < -0.39 is 4.92 Å². The zero-order valence-electron chi connectivity index (χ0n) is 11.6. The molecule has 1 aromatic heterocycles. The number of amides is 1. The van der Waals surface area contributed by atoms with Crippen LogP contribution in [-0.2, 0) is 4.79 Å². The molecule has 0 aliphatic rings. The summed E-state index contributed by atoms with van der Waals surface area (Å²) in [5.74, 6) is -0.269. The third kappa shape index (κ3) is 4.00. The van der Waals surface area contributed by atoms with Gasteiger partial charge >= 0.3 is 5.00 Å². The Morgan fingerprint density at radius 1 is 1.24 bits per heavy atom. The molecule has 1 heterocycles. The standard InChI is InChI=1S/C15H14N2O3S/c1-10-3-4-12(9-11(10)2)16-14(18)7-5-13-6-8-15(21-13)17(19)20/h3-9H,1-2H3,(H,16,18)/b7-5+. The molecule has 108 valence electrons. The maximum Gasteiger partial charge on any atom is 0.324 e. The first kappa shape index (κ1) is 14.9. The van der Waals surface area contributed by atoms with Gasteiger partial charge in [-0.3, -0.25) is 14.9 Å². The Bertz CT molecular complexity index is 719. The highest BCUT2D eigenvalue weighted by Gasteiger charge is 2.08. The Morgan fingerprint density at radius 2 is 2.00 bits per heavy atom. The number of anilines is 1. The van der Waals surface area contributed by atoms with Gasteiger partial charge in [0.2, 0.25) is 5.91 Å². The second-order valence-corrected chi connectivity index (χ2v) is 5.65. The average Bonchev–Trinajstić information content (AvgIpc) is 2.90. The minimum atomic E-state index is -0.447. The molecule has 2 aromatic rings. The number of nitro groups is 1. The summed E-state index contributed by atoms with van der Waals surface area (Å²) < 4.78 is 0. The van der Waals surface area contributed by atoms with Crippen molar-refractivity contribution in [3.63, 3.8) is 0 Å². The van der Waals surface area contributed by atoms with E-state index in [9.17, 15) is 14.9 Å². The maximum atomic E-state index is 11.8. The maximum absolute atomic E-state index is 11.8. The van der Waals surface area contributed by atoms with Crippen LogP contribution < -0.4 is 5.32 Å². The van der Waals surface area contributed by atoms with E-state index in [4.69, 9.17) is 0 Å². The number of benzene rings is 1.